The Morgan fingerprint density at radius 3 is 2.31 bits per heavy atom. The molecule has 3 saturated heterocycles. The average molecular weight is 756 g/mol. The molecule has 0 aromatic rings. The highest BCUT2D eigenvalue weighted by molar-refractivity contribution is 5.99. The molecule has 300 valence electrons. The summed E-state index contributed by atoms with van der Waals surface area (Å²) in [6.45, 7) is 11.5. The Balaban J connectivity index is 1.64. The standard InChI is InChI=1S/C39H61N7O8/c1-5-26(2)23-27(3)15-10-8-6-7-9-11-19-32(48)43-29-16-12-20-40-37(52)30-17-13-21-45(30)34(50)25-41-33(49)24-42-38(53)31-18-14-22-46(31)39(54)35(28(4)47)44-36(29)51/h12,14,17,20,24-31,35,47H,5-11,13,15-16,18-19,21-23H2,1-4H3,(H,40,52)(H,41,49)(H,42,53)(H,43,48)(H,44,51)/t26?,27?,28-,29+,30+,31+,35+/m1/s1. The quantitative estimate of drug-likeness (QED) is 0.143. The van der Waals surface area contributed by atoms with Crippen LogP contribution in [0, 0.1) is 50.7 Å². The Bertz CT molecular complexity index is 1280. The summed E-state index contributed by atoms with van der Waals surface area (Å²) in [6, 6.07) is -4.57. The predicted octanol–water partition coefficient (Wildman–Crippen LogP) is 1.58. The van der Waals surface area contributed by atoms with Crippen LogP contribution in [0.2, 0.25) is 0 Å². The molecule has 0 aliphatic carbocycles. The summed E-state index contributed by atoms with van der Waals surface area (Å²) in [4.78, 5) is 94.0. The van der Waals surface area contributed by atoms with Gasteiger partial charge in [0.05, 0.1) is 12.6 Å². The lowest BCUT2D eigenvalue weighted by molar-refractivity contribution is -0.144. The van der Waals surface area contributed by atoms with Crippen LogP contribution >= 0.6 is 0 Å². The number of unbranched alkanes of at least 4 members (excludes halogenated alkanes) is 5. The van der Waals surface area contributed by atoms with E-state index in [-0.39, 0.29) is 38.3 Å². The lowest BCUT2D eigenvalue weighted by Crippen LogP contribution is -2.59. The number of nitrogens with one attached hydrogen (secondary N) is 5. The average Bonchev–Trinajstić information content (AvgIpc) is 3.84. The molecule has 0 aromatic heterocycles. The summed E-state index contributed by atoms with van der Waals surface area (Å²) >= 11 is 0. The maximum Gasteiger partial charge on any atom is 0.248 e. The topological polar surface area (TPSA) is 206 Å². The molecule has 54 heavy (non-hydrogen) atoms. The molecular formula is C39H61N7O8. The molecule has 3 fully saturated rings. The van der Waals surface area contributed by atoms with E-state index in [1.807, 2.05) is 0 Å². The van der Waals surface area contributed by atoms with E-state index < -0.39 is 65.7 Å². The smallest absolute Gasteiger partial charge is 0.248 e. The van der Waals surface area contributed by atoms with Crippen LogP contribution in [-0.4, -0.2) is 99.6 Å². The molecule has 2 unspecified atom stereocenters. The molecule has 7 atom stereocenters. The van der Waals surface area contributed by atoms with E-state index in [9.17, 15) is 38.7 Å². The van der Waals surface area contributed by atoms with E-state index in [2.05, 4.69) is 47.4 Å². The Morgan fingerprint density at radius 1 is 0.870 bits per heavy atom. The minimum Gasteiger partial charge on any atom is -0.391 e. The first kappa shape index (κ1) is 44.6. The zero-order valence-electron chi connectivity index (χ0n) is 32.3. The molecular weight excluding hydrogens is 694 g/mol. The van der Waals surface area contributed by atoms with Crippen LogP contribution in [0.25, 0.3) is 0 Å². The Kier molecular flexibility index (Phi) is 19.2. The van der Waals surface area contributed by atoms with Gasteiger partial charge in [0.15, 0.2) is 0 Å². The third kappa shape index (κ3) is 14.5. The predicted molar refractivity (Wildman–Crippen MR) is 201 cm³/mol. The van der Waals surface area contributed by atoms with Gasteiger partial charge in [0.25, 0.3) is 0 Å². The van der Waals surface area contributed by atoms with Crippen LogP contribution in [0.15, 0.2) is 0 Å². The Morgan fingerprint density at radius 2 is 1.59 bits per heavy atom. The van der Waals surface area contributed by atoms with Gasteiger partial charge in [-0.2, -0.15) is 0 Å². The minimum absolute atomic E-state index is 0.0540. The van der Waals surface area contributed by atoms with Gasteiger partial charge < -0.3 is 41.5 Å². The van der Waals surface area contributed by atoms with Crippen molar-refractivity contribution in [3.05, 3.63) is 38.9 Å². The molecule has 6 radical (unpaired) electrons. The van der Waals surface area contributed by atoms with Gasteiger partial charge in [-0.15, -0.1) is 0 Å². The first-order valence-electron chi connectivity index (χ1n) is 19.6. The van der Waals surface area contributed by atoms with Gasteiger partial charge in [0.2, 0.25) is 41.4 Å². The van der Waals surface area contributed by atoms with Gasteiger partial charge >= 0.3 is 0 Å². The highest BCUT2D eigenvalue weighted by Crippen LogP contribution is 2.22. The lowest BCUT2D eigenvalue weighted by atomic mass is 9.91. The van der Waals surface area contributed by atoms with Crippen molar-refractivity contribution in [2.24, 2.45) is 11.8 Å². The van der Waals surface area contributed by atoms with Crippen molar-refractivity contribution in [1.29, 1.82) is 0 Å². The van der Waals surface area contributed by atoms with E-state index in [1.54, 1.807) is 12.8 Å². The zero-order valence-corrected chi connectivity index (χ0v) is 32.3. The molecule has 3 rings (SSSR count). The number of nitrogens with zero attached hydrogens (tertiary/aromatic N) is 2. The van der Waals surface area contributed by atoms with Crippen molar-refractivity contribution in [2.75, 3.05) is 13.1 Å². The molecule has 15 heteroatoms. The number of aliphatic hydroxyl groups excluding tert-OH is 1. The second-order valence-electron chi connectivity index (χ2n) is 14.8. The molecule has 3 aliphatic rings. The number of carbonyl (C=O) groups is 7. The second kappa shape index (κ2) is 23.2. The number of aliphatic hydroxyl groups is 1. The van der Waals surface area contributed by atoms with E-state index in [4.69, 9.17) is 0 Å². The summed E-state index contributed by atoms with van der Waals surface area (Å²) in [5.41, 5.74) is 0. The van der Waals surface area contributed by atoms with Gasteiger partial charge in [-0.25, -0.2) is 0 Å². The van der Waals surface area contributed by atoms with Crippen LogP contribution in [0.4, 0.5) is 0 Å². The van der Waals surface area contributed by atoms with Crippen molar-refractivity contribution >= 4 is 41.4 Å². The third-order valence-corrected chi connectivity index (χ3v) is 10.3. The van der Waals surface area contributed by atoms with Gasteiger partial charge in [-0.3, -0.25) is 33.6 Å². The van der Waals surface area contributed by atoms with E-state index in [0.717, 1.165) is 50.6 Å². The fraction of sp³-hybridized carbons (Fsp3) is 0.667. The van der Waals surface area contributed by atoms with E-state index in [1.165, 1.54) is 55.4 Å². The van der Waals surface area contributed by atoms with Crippen LogP contribution in [0.1, 0.15) is 111 Å². The molecule has 0 bridgehead atoms. The highest BCUT2D eigenvalue weighted by atomic mass is 16.3. The maximum absolute atomic E-state index is 13.7. The van der Waals surface area contributed by atoms with Gasteiger partial charge in [-0.1, -0.05) is 65.7 Å². The number of hydrogen-bond donors (Lipinski definition) is 6. The van der Waals surface area contributed by atoms with Crippen LogP contribution in [-0.2, 0) is 33.6 Å². The van der Waals surface area contributed by atoms with Crippen molar-refractivity contribution in [3.8, 4) is 0 Å². The SMILES string of the molecule is CCC(C)CC(C)CCCCCCCCC(=O)N[C@H]1C[CH][CH]NC(=O)[C@@H]2[CH]CCN2C(=O)[CH]NC(=O)[CH]NC(=O)[C@@H]2C[CH]CN2C(=O)[C@H]([C@@H](C)O)NC1=O. The Labute approximate surface area is 321 Å². The number of hydrogen-bond acceptors (Lipinski definition) is 8. The molecule has 3 heterocycles. The minimum atomic E-state index is -1.45. The lowest BCUT2D eigenvalue weighted by Gasteiger charge is -2.31. The van der Waals surface area contributed by atoms with Crippen molar-refractivity contribution in [1.82, 2.24) is 36.4 Å². The van der Waals surface area contributed by atoms with Crippen molar-refractivity contribution in [3.63, 3.8) is 0 Å². The summed E-state index contributed by atoms with van der Waals surface area (Å²) < 4.78 is 0. The van der Waals surface area contributed by atoms with Crippen LogP contribution in [0.3, 0.4) is 0 Å². The maximum atomic E-state index is 13.7. The molecule has 7 amide bonds. The fourth-order valence-corrected chi connectivity index (χ4v) is 6.95. The second-order valence-corrected chi connectivity index (χ2v) is 14.8. The van der Waals surface area contributed by atoms with E-state index in [0.29, 0.717) is 12.8 Å². The number of rotatable bonds is 14. The zero-order chi connectivity index (χ0) is 39.6. The monoisotopic (exact) mass is 755 g/mol. The summed E-state index contributed by atoms with van der Waals surface area (Å²) in [7, 11) is 0. The highest BCUT2D eigenvalue weighted by Gasteiger charge is 2.40. The molecule has 3 aliphatic heterocycles. The van der Waals surface area contributed by atoms with Gasteiger partial charge in [0, 0.05) is 19.5 Å². The third-order valence-electron chi connectivity index (χ3n) is 10.3. The molecule has 6 N–H and O–H groups in total. The largest absolute Gasteiger partial charge is 0.391 e. The summed E-state index contributed by atoms with van der Waals surface area (Å²) in [5.74, 6) is -2.98. The van der Waals surface area contributed by atoms with Crippen LogP contribution < -0.4 is 26.6 Å². The first-order valence-corrected chi connectivity index (χ1v) is 19.6. The first-order chi connectivity index (χ1) is 25.8. The van der Waals surface area contributed by atoms with Crippen molar-refractivity contribution < 1.29 is 38.7 Å². The molecule has 15 nitrogen and oxygen atoms in total. The molecule has 0 saturated carbocycles. The van der Waals surface area contributed by atoms with E-state index >= 15 is 0 Å². The Hall–Kier alpha value is -3.75. The molecule has 0 aromatic carbocycles. The van der Waals surface area contributed by atoms with Crippen LogP contribution in [0.5, 0.6) is 0 Å². The molecule has 0 spiro atoms. The number of carbonyl (C=O) groups excluding carboxylic acids is 7. The number of amides is 7. The fourth-order valence-electron chi connectivity index (χ4n) is 6.95. The van der Waals surface area contributed by atoms with Gasteiger partial charge in [0.1, 0.15) is 37.3 Å². The van der Waals surface area contributed by atoms with Gasteiger partial charge in [-0.05, 0) is 70.1 Å². The van der Waals surface area contributed by atoms with Crippen molar-refractivity contribution in [2.45, 2.75) is 141 Å². The normalized spacial score (nSPS) is 25.6. The summed E-state index contributed by atoms with van der Waals surface area (Å²) in [6.07, 6.45) is 13.9. The summed E-state index contributed by atoms with van der Waals surface area (Å²) in [5, 5.41) is 23.1. The number of fused-ring (bicyclic) bond motifs is 2.